The van der Waals surface area contributed by atoms with E-state index in [1.165, 1.54) is 32.0 Å². The van der Waals surface area contributed by atoms with Gasteiger partial charge in [0.25, 0.3) is 10.5 Å². The Labute approximate surface area is 194 Å². The molecule has 1 heterocycles. The number of hydrogen-bond donors (Lipinski definition) is 0. The minimum atomic E-state index is -5.42. The predicted octanol–water partition coefficient (Wildman–Crippen LogP) is 6.22. The van der Waals surface area contributed by atoms with Gasteiger partial charge >= 0.3 is 5.97 Å². The third-order valence-corrected chi connectivity index (χ3v) is 6.48. The maximum atomic E-state index is 11.3. The molecule has 0 aliphatic carbocycles. The highest BCUT2D eigenvalue weighted by Crippen LogP contribution is 2.47. The highest BCUT2D eigenvalue weighted by molar-refractivity contribution is 7.80. The van der Waals surface area contributed by atoms with Crippen molar-refractivity contribution in [2.45, 2.75) is 6.92 Å². The standard InChI is InChI=1S/C18H13S.C6H9FO2.FHO3S/c1-2-8-14(9-3-1)19-17-12-6-4-10-15(17)16-11-5-7-13-18(16)19;1-5(2)6(8)9-4-3-7;1-5(2,3)4/h1-13H;1,3-4H2,2H3;(H,2,3,4)/q+1;;/p-1. The van der Waals surface area contributed by atoms with Gasteiger partial charge in [0.2, 0.25) is 0 Å². The largest absolute Gasteiger partial charge is 0.722 e. The first-order chi connectivity index (χ1) is 15.6. The van der Waals surface area contributed by atoms with Crippen LogP contribution in [0.3, 0.4) is 0 Å². The van der Waals surface area contributed by atoms with E-state index in [2.05, 4.69) is 90.2 Å². The monoisotopic (exact) mass is 492 g/mol. The van der Waals surface area contributed by atoms with Gasteiger partial charge in [0.05, 0.1) is 0 Å². The number of carbonyl (C=O) groups excluding carboxylic acids is 1. The topological polar surface area (TPSA) is 83.5 Å². The van der Waals surface area contributed by atoms with Crippen LogP contribution in [0.1, 0.15) is 6.92 Å². The summed E-state index contributed by atoms with van der Waals surface area (Å²) in [5.74, 6) is -0.535. The summed E-state index contributed by atoms with van der Waals surface area (Å²) >= 11 is 0. The number of fused-ring (bicyclic) bond motifs is 3. The first-order valence-electron chi connectivity index (χ1n) is 9.65. The maximum absolute atomic E-state index is 11.3. The van der Waals surface area contributed by atoms with Crippen molar-refractivity contribution in [3.8, 4) is 4.90 Å². The van der Waals surface area contributed by atoms with E-state index in [4.69, 9.17) is 13.0 Å². The number of halogens is 2. The zero-order valence-corrected chi connectivity index (χ0v) is 19.4. The van der Waals surface area contributed by atoms with Crippen LogP contribution in [0, 0.1) is 0 Å². The fourth-order valence-electron chi connectivity index (χ4n) is 2.92. The highest BCUT2D eigenvalue weighted by atomic mass is 32.3. The molecule has 0 aliphatic rings. The fraction of sp³-hybridized carbons (Fsp3) is 0.125. The van der Waals surface area contributed by atoms with Gasteiger partial charge in [-0.3, -0.25) is 0 Å². The average molecular weight is 493 g/mol. The number of rotatable bonds is 4. The molecule has 0 spiro atoms. The molecule has 0 amide bonds. The molecule has 0 aliphatic heterocycles. The van der Waals surface area contributed by atoms with Crippen LogP contribution in [0.25, 0.3) is 25.1 Å². The van der Waals surface area contributed by atoms with Crippen molar-refractivity contribution < 1.29 is 30.8 Å². The molecule has 1 aromatic heterocycles. The Hall–Kier alpha value is -3.14. The Bertz CT molecular complexity index is 1270. The molecule has 0 saturated carbocycles. The number of alkyl halides is 1. The predicted molar refractivity (Wildman–Crippen MR) is 128 cm³/mol. The average Bonchev–Trinajstić information content (AvgIpc) is 3.12. The zero-order chi connectivity index (χ0) is 24.4. The molecule has 174 valence electrons. The molecule has 0 N–H and O–H groups in total. The summed E-state index contributed by atoms with van der Waals surface area (Å²) < 4.78 is 53.9. The van der Waals surface area contributed by atoms with E-state index >= 15 is 0 Å². The summed E-state index contributed by atoms with van der Waals surface area (Å²) in [5.41, 5.74) is 0.295. The number of carbonyl (C=O) groups is 1. The van der Waals surface area contributed by atoms with Gasteiger partial charge < -0.3 is 9.29 Å². The molecule has 0 fully saturated rings. The Morgan fingerprint density at radius 2 is 1.36 bits per heavy atom. The van der Waals surface area contributed by atoms with E-state index in [1.54, 1.807) is 0 Å². The van der Waals surface area contributed by atoms with Crippen molar-refractivity contribution in [2.75, 3.05) is 13.3 Å². The summed E-state index contributed by atoms with van der Waals surface area (Å²) in [6.07, 6.45) is 0. The number of thiophene rings is 1. The number of ether oxygens (including phenoxy) is 1. The lowest BCUT2D eigenvalue weighted by Gasteiger charge is -1.98. The second-order valence-corrected chi connectivity index (χ2v) is 9.36. The van der Waals surface area contributed by atoms with E-state index in [9.17, 15) is 13.1 Å². The van der Waals surface area contributed by atoms with E-state index in [0.717, 1.165) is 0 Å². The van der Waals surface area contributed by atoms with Gasteiger partial charge in [0.15, 0.2) is 14.3 Å². The van der Waals surface area contributed by atoms with Gasteiger partial charge in [-0.2, -0.15) is 0 Å². The van der Waals surface area contributed by atoms with E-state index in [1.807, 2.05) is 0 Å². The van der Waals surface area contributed by atoms with Crippen LogP contribution in [0.2, 0.25) is 0 Å². The van der Waals surface area contributed by atoms with Gasteiger partial charge in [-0.25, -0.2) is 17.6 Å². The molecule has 5 nitrogen and oxygen atoms in total. The van der Waals surface area contributed by atoms with Crippen LogP contribution in [0.4, 0.5) is 8.28 Å². The van der Waals surface area contributed by atoms with Crippen LogP contribution in [-0.2, 0) is 20.0 Å². The molecular weight excluding hydrogens is 470 g/mol. The first kappa shape index (κ1) is 26.1. The third-order valence-electron chi connectivity index (χ3n) is 4.14. The molecule has 0 atom stereocenters. The molecule has 0 saturated heterocycles. The molecule has 9 heteroatoms. The van der Waals surface area contributed by atoms with Gasteiger partial charge in [-0.15, -0.1) is 3.89 Å². The fourth-order valence-corrected chi connectivity index (χ4v) is 5.32. The normalized spacial score (nSPS) is 10.5. The van der Waals surface area contributed by atoms with E-state index in [0.29, 0.717) is 5.57 Å². The van der Waals surface area contributed by atoms with Gasteiger partial charge in [-0.05, 0) is 43.3 Å². The summed E-state index contributed by atoms with van der Waals surface area (Å²) in [7, 11) is -5.36. The first-order valence-corrected chi connectivity index (χ1v) is 12.2. The Morgan fingerprint density at radius 3 is 1.79 bits per heavy atom. The summed E-state index contributed by atoms with van der Waals surface area (Å²) in [5, 5.41) is 2.79. The smallest absolute Gasteiger partial charge is 0.333 e. The summed E-state index contributed by atoms with van der Waals surface area (Å²) in [6.45, 7) is 4.01. The second-order valence-electron chi connectivity index (χ2n) is 6.61. The van der Waals surface area contributed by atoms with Crippen molar-refractivity contribution in [1.29, 1.82) is 0 Å². The SMILES string of the molecule is C=C(C)C(=O)OCCF.O=S(=O)([O-])F.c1ccc(-[s+]2c3ccccc3c3ccccc32)cc1. The van der Waals surface area contributed by atoms with Crippen LogP contribution < -0.4 is 0 Å². The van der Waals surface area contributed by atoms with E-state index < -0.39 is 23.1 Å². The zero-order valence-electron chi connectivity index (χ0n) is 17.7. The highest BCUT2D eigenvalue weighted by Gasteiger charge is 2.22. The Kier molecular flexibility index (Phi) is 9.65. The van der Waals surface area contributed by atoms with Crippen molar-refractivity contribution in [3.05, 3.63) is 91.0 Å². The number of hydrogen-bond acceptors (Lipinski definition) is 5. The van der Waals surface area contributed by atoms with Gasteiger partial charge in [-0.1, -0.05) is 49.0 Å². The number of esters is 1. The molecule has 33 heavy (non-hydrogen) atoms. The van der Waals surface area contributed by atoms with Crippen molar-refractivity contribution >= 4 is 47.1 Å². The Morgan fingerprint density at radius 1 is 0.939 bits per heavy atom. The molecule has 4 rings (SSSR count). The molecule has 0 bridgehead atoms. The van der Waals surface area contributed by atoms with Crippen LogP contribution in [0.15, 0.2) is 91.0 Å². The van der Waals surface area contributed by atoms with Gasteiger partial charge in [0, 0.05) is 26.8 Å². The number of benzene rings is 3. The summed E-state index contributed by atoms with van der Waals surface area (Å²) in [4.78, 5) is 11.8. The van der Waals surface area contributed by atoms with Crippen molar-refractivity contribution in [2.24, 2.45) is 0 Å². The Balaban J connectivity index is 0.000000232. The summed E-state index contributed by atoms with van der Waals surface area (Å²) in [6, 6.07) is 28.4. The van der Waals surface area contributed by atoms with Gasteiger partial charge in [0.1, 0.15) is 13.3 Å². The van der Waals surface area contributed by atoms with Crippen LogP contribution >= 0.6 is 10.5 Å². The molecular formula is C24H22F2O5S2. The minimum absolute atomic E-state index is 0.0594. The lowest BCUT2D eigenvalue weighted by molar-refractivity contribution is -0.139. The van der Waals surface area contributed by atoms with Crippen LogP contribution in [0.5, 0.6) is 0 Å². The lowest BCUT2D eigenvalue weighted by Crippen LogP contribution is -2.06. The molecule has 0 radical (unpaired) electrons. The van der Waals surface area contributed by atoms with Crippen molar-refractivity contribution in [3.63, 3.8) is 0 Å². The lowest BCUT2D eigenvalue weighted by atomic mass is 10.2. The molecule has 4 aromatic rings. The maximum Gasteiger partial charge on any atom is 0.333 e. The molecule has 3 aromatic carbocycles. The third kappa shape index (κ3) is 8.05. The van der Waals surface area contributed by atoms with Crippen LogP contribution in [-0.4, -0.2) is 32.2 Å². The van der Waals surface area contributed by atoms with E-state index in [-0.39, 0.29) is 17.1 Å². The molecule has 0 unspecified atom stereocenters. The van der Waals surface area contributed by atoms with Crippen molar-refractivity contribution in [1.82, 2.24) is 0 Å². The second kappa shape index (κ2) is 12.2. The minimum Gasteiger partial charge on any atom is -0.722 e. The quantitative estimate of drug-likeness (QED) is 0.111.